The monoisotopic (exact) mass is 301 g/mol. The first-order valence-electron chi connectivity index (χ1n) is 6.74. The maximum absolute atomic E-state index is 12.0. The van der Waals surface area contributed by atoms with Crippen LogP contribution in [0.4, 0.5) is 5.69 Å². The third-order valence-corrected chi connectivity index (χ3v) is 3.83. The van der Waals surface area contributed by atoms with Gasteiger partial charge in [0.25, 0.3) is 5.56 Å². The fraction of sp³-hybridized carbons (Fsp3) is 0.692. The van der Waals surface area contributed by atoms with Crippen LogP contribution in [-0.4, -0.2) is 40.2 Å². The lowest BCUT2D eigenvalue weighted by Crippen LogP contribution is -2.42. The number of hydrogen-bond donors (Lipinski definition) is 2. The molecule has 2 rings (SSSR count). The molecule has 112 valence electrons. The summed E-state index contributed by atoms with van der Waals surface area (Å²) in [6.45, 7) is 5.13. The molecule has 7 heteroatoms. The maximum atomic E-state index is 12.0. The molecule has 6 nitrogen and oxygen atoms in total. The smallest absolute Gasteiger partial charge is 0.287 e. The highest BCUT2D eigenvalue weighted by molar-refractivity contribution is 6.32. The van der Waals surface area contributed by atoms with Gasteiger partial charge in [-0.25, -0.2) is 4.68 Å². The van der Waals surface area contributed by atoms with Crippen molar-refractivity contribution in [3.8, 4) is 0 Å². The Hall–Kier alpha value is -1.11. The highest BCUT2D eigenvalue weighted by Gasteiger charge is 2.29. The Bertz CT molecular complexity index is 524. The van der Waals surface area contributed by atoms with Crippen LogP contribution in [0.15, 0.2) is 11.0 Å². The molecule has 2 heterocycles. The molecule has 0 amide bonds. The Labute approximate surface area is 122 Å². The van der Waals surface area contributed by atoms with Crippen molar-refractivity contribution in [3.63, 3.8) is 0 Å². The van der Waals surface area contributed by atoms with Crippen molar-refractivity contribution in [1.29, 1.82) is 0 Å². The first-order chi connectivity index (χ1) is 9.43. The van der Waals surface area contributed by atoms with Gasteiger partial charge in [-0.15, -0.1) is 0 Å². The largest absolute Gasteiger partial charge is 0.388 e. The first-order valence-corrected chi connectivity index (χ1v) is 7.12. The Balaban J connectivity index is 2.10. The van der Waals surface area contributed by atoms with Gasteiger partial charge in [-0.3, -0.25) is 4.79 Å². The van der Waals surface area contributed by atoms with Gasteiger partial charge in [0.15, 0.2) is 0 Å². The molecule has 0 radical (unpaired) electrons. The standard InChI is InChI=1S/C13H20ClN3O3/c1-9(2)17-12(18)11(14)10(7-16-17)15-8-13(19)3-5-20-6-4-13/h7,9,15,19H,3-6,8H2,1-2H3. The summed E-state index contributed by atoms with van der Waals surface area (Å²) in [5.41, 5.74) is -0.701. The van der Waals surface area contributed by atoms with E-state index in [1.165, 1.54) is 10.9 Å². The van der Waals surface area contributed by atoms with Gasteiger partial charge in [-0.2, -0.15) is 5.10 Å². The fourth-order valence-corrected chi connectivity index (χ4v) is 2.33. The van der Waals surface area contributed by atoms with E-state index in [0.717, 1.165) is 0 Å². The molecule has 0 atom stereocenters. The van der Waals surface area contributed by atoms with Crippen molar-refractivity contribution in [2.75, 3.05) is 25.1 Å². The zero-order valence-electron chi connectivity index (χ0n) is 11.7. The van der Waals surface area contributed by atoms with Crippen LogP contribution in [0.5, 0.6) is 0 Å². The van der Waals surface area contributed by atoms with E-state index in [4.69, 9.17) is 16.3 Å². The van der Waals surface area contributed by atoms with Crippen LogP contribution in [0.25, 0.3) is 0 Å². The molecule has 0 bridgehead atoms. The van der Waals surface area contributed by atoms with Crippen LogP contribution in [0.3, 0.4) is 0 Å². The van der Waals surface area contributed by atoms with Crippen molar-refractivity contribution in [2.45, 2.75) is 38.3 Å². The van der Waals surface area contributed by atoms with E-state index >= 15 is 0 Å². The molecule has 1 aliphatic heterocycles. The minimum absolute atomic E-state index is 0.0475. The first kappa shape index (κ1) is 15.3. The van der Waals surface area contributed by atoms with Crippen molar-refractivity contribution < 1.29 is 9.84 Å². The molecule has 1 aromatic heterocycles. The number of nitrogens with one attached hydrogen (secondary N) is 1. The van der Waals surface area contributed by atoms with E-state index in [2.05, 4.69) is 10.4 Å². The fourth-order valence-electron chi connectivity index (χ4n) is 2.12. The van der Waals surface area contributed by atoms with Crippen LogP contribution in [0, 0.1) is 0 Å². The lowest BCUT2D eigenvalue weighted by molar-refractivity contribution is -0.0543. The van der Waals surface area contributed by atoms with Crippen LogP contribution in [0.2, 0.25) is 5.02 Å². The van der Waals surface area contributed by atoms with Crippen LogP contribution in [-0.2, 0) is 4.74 Å². The lowest BCUT2D eigenvalue weighted by Gasteiger charge is -2.32. The molecule has 0 aromatic carbocycles. The van der Waals surface area contributed by atoms with Gasteiger partial charge in [0, 0.05) is 32.6 Å². The number of hydrogen-bond acceptors (Lipinski definition) is 5. The lowest BCUT2D eigenvalue weighted by atomic mass is 9.94. The number of nitrogens with zero attached hydrogens (tertiary/aromatic N) is 2. The van der Waals surface area contributed by atoms with Gasteiger partial charge >= 0.3 is 0 Å². The maximum Gasteiger partial charge on any atom is 0.287 e. The number of aliphatic hydroxyl groups is 1. The Kier molecular flexibility index (Phi) is 4.67. The molecule has 20 heavy (non-hydrogen) atoms. The minimum Gasteiger partial charge on any atom is -0.388 e. The summed E-state index contributed by atoms with van der Waals surface area (Å²) in [4.78, 5) is 12.0. The molecular weight excluding hydrogens is 282 g/mol. The van der Waals surface area contributed by atoms with Crippen molar-refractivity contribution in [2.24, 2.45) is 0 Å². The predicted molar refractivity (Wildman–Crippen MR) is 77.4 cm³/mol. The summed E-state index contributed by atoms with van der Waals surface area (Å²) < 4.78 is 6.55. The molecule has 0 aliphatic carbocycles. The van der Waals surface area contributed by atoms with E-state index in [1.54, 1.807) is 0 Å². The molecule has 1 aromatic rings. The summed E-state index contributed by atoms with van der Waals surface area (Å²) >= 11 is 6.06. The van der Waals surface area contributed by atoms with Crippen LogP contribution in [0.1, 0.15) is 32.7 Å². The second-order valence-corrected chi connectivity index (χ2v) is 5.78. The van der Waals surface area contributed by atoms with Crippen LogP contribution >= 0.6 is 11.6 Å². The topological polar surface area (TPSA) is 76.4 Å². The average Bonchev–Trinajstić information content (AvgIpc) is 2.41. The van der Waals surface area contributed by atoms with E-state index in [-0.39, 0.29) is 16.6 Å². The molecule has 0 spiro atoms. The number of aromatic nitrogens is 2. The normalized spacial score (nSPS) is 18.2. The molecule has 1 saturated heterocycles. The molecule has 2 N–H and O–H groups in total. The SMILES string of the molecule is CC(C)n1ncc(NCC2(O)CCOCC2)c(Cl)c1=O. The number of anilines is 1. The Morgan fingerprint density at radius 2 is 2.20 bits per heavy atom. The van der Waals surface area contributed by atoms with Crippen molar-refractivity contribution in [3.05, 3.63) is 21.6 Å². The van der Waals surface area contributed by atoms with Gasteiger partial charge in [0.1, 0.15) is 5.02 Å². The van der Waals surface area contributed by atoms with Gasteiger partial charge in [0.2, 0.25) is 0 Å². The van der Waals surface area contributed by atoms with E-state index in [1.807, 2.05) is 13.8 Å². The zero-order chi connectivity index (χ0) is 14.8. The third kappa shape index (κ3) is 3.31. The summed E-state index contributed by atoms with van der Waals surface area (Å²) in [6.07, 6.45) is 2.65. The van der Waals surface area contributed by atoms with Gasteiger partial charge in [0.05, 0.1) is 23.5 Å². The Morgan fingerprint density at radius 3 is 2.80 bits per heavy atom. The molecule has 1 fully saturated rings. The third-order valence-electron chi connectivity index (χ3n) is 3.46. The summed E-state index contributed by atoms with van der Waals surface area (Å²) in [6, 6.07) is -0.0475. The molecule has 0 saturated carbocycles. The number of ether oxygens (including phenoxy) is 1. The summed E-state index contributed by atoms with van der Waals surface area (Å²) in [5.74, 6) is 0. The molecular formula is C13H20ClN3O3. The molecule has 1 aliphatic rings. The minimum atomic E-state index is -0.825. The average molecular weight is 302 g/mol. The van der Waals surface area contributed by atoms with Gasteiger partial charge in [-0.05, 0) is 13.8 Å². The number of rotatable bonds is 4. The van der Waals surface area contributed by atoms with E-state index in [0.29, 0.717) is 38.3 Å². The Morgan fingerprint density at radius 1 is 1.55 bits per heavy atom. The van der Waals surface area contributed by atoms with Gasteiger partial charge < -0.3 is 15.2 Å². The summed E-state index contributed by atoms with van der Waals surface area (Å²) in [7, 11) is 0. The highest BCUT2D eigenvalue weighted by atomic mass is 35.5. The van der Waals surface area contributed by atoms with Crippen LogP contribution < -0.4 is 10.9 Å². The van der Waals surface area contributed by atoms with Crippen molar-refractivity contribution >= 4 is 17.3 Å². The number of halogens is 1. The quantitative estimate of drug-likeness (QED) is 0.880. The highest BCUT2D eigenvalue weighted by Crippen LogP contribution is 2.23. The van der Waals surface area contributed by atoms with E-state index < -0.39 is 5.60 Å². The zero-order valence-corrected chi connectivity index (χ0v) is 12.5. The van der Waals surface area contributed by atoms with Gasteiger partial charge in [-0.1, -0.05) is 11.6 Å². The second kappa shape index (κ2) is 6.11. The second-order valence-electron chi connectivity index (χ2n) is 5.41. The predicted octanol–water partition coefficient (Wildman–Crippen LogP) is 1.43. The van der Waals surface area contributed by atoms with Crippen molar-refractivity contribution in [1.82, 2.24) is 9.78 Å². The molecule has 0 unspecified atom stereocenters. The van der Waals surface area contributed by atoms with E-state index in [9.17, 15) is 9.90 Å². The summed E-state index contributed by atoms with van der Waals surface area (Å²) in [5, 5.41) is 17.5.